The highest BCUT2D eigenvalue weighted by molar-refractivity contribution is 5.18. The van der Waals surface area contributed by atoms with E-state index in [0.29, 0.717) is 5.41 Å². The molecule has 0 fully saturated rings. The molecule has 1 atom stereocenters. The molecule has 1 aliphatic carbocycles. The van der Waals surface area contributed by atoms with Crippen molar-refractivity contribution in [2.45, 2.75) is 59.3 Å². The fraction of sp³-hybridized carbons (Fsp3) is 0.714. The predicted octanol–water partition coefficient (Wildman–Crippen LogP) is 4.87. The normalized spacial score (nSPS) is 27.2. The lowest BCUT2D eigenvalue weighted by Gasteiger charge is -2.38. The van der Waals surface area contributed by atoms with Gasteiger partial charge in [-0.3, -0.25) is 0 Å². The molecule has 0 N–H and O–H groups in total. The molecule has 0 saturated heterocycles. The Labute approximate surface area is 89.1 Å². The maximum atomic E-state index is 4.28. The molecule has 0 heterocycles. The summed E-state index contributed by atoms with van der Waals surface area (Å²) in [5.74, 6) is 0. The van der Waals surface area contributed by atoms with Crippen LogP contribution in [0, 0.1) is 5.41 Å². The molecule has 0 saturated carbocycles. The molecule has 0 aliphatic heterocycles. The zero-order valence-corrected chi connectivity index (χ0v) is 10.0. The maximum Gasteiger partial charge on any atom is -0.00534 e. The Bertz CT molecular complexity index is 234. The van der Waals surface area contributed by atoms with E-state index in [9.17, 15) is 0 Å². The molecule has 1 aliphatic rings. The van der Waals surface area contributed by atoms with E-state index in [1.807, 2.05) is 0 Å². The van der Waals surface area contributed by atoms with Crippen LogP contribution in [0.15, 0.2) is 23.8 Å². The van der Waals surface area contributed by atoms with Gasteiger partial charge in [0.1, 0.15) is 0 Å². The van der Waals surface area contributed by atoms with E-state index >= 15 is 0 Å². The number of hydrogen-bond acceptors (Lipinski definition) is 0. The van der Waals surface area contributed by atoms with Crippen LogP contribution in [0.5, 0.6) is 0 Å². The topological polar surface area (TPSA) is 0 Å². The Hall–Kier alpha value is -0.520. The Morgan fingerprint density at radius 3 is 2.64 bits per heavy atom. The molecule has 0 radical (unpaired) electrons. The van der Waals surface area contributed by atoms with E-state index in [1.165, 1.54) is 37.7 Å². The van der Waals surface area contributed by atoms with E-state index in [2.05, 4.69) is 33.4 Å². The van der Waals surface area contributed by atoms with Crippen LogP contribution in [0.25, 0.3) is 0 Å². The highest BCUT2D eigenvalue weighted by atomic mass is 14.4. The number of hydrogen-bond donors (Lipinski definition) is 0. The van der Waals surface area contributed by atoms with Gasteiger partial charge in [0.15, 0.2) is 0 Å². The fourth-order valence-electron chi connectivity index (χ4n) is 2.59. The molecule has 80 valence electrons. The summed E-state index contributed by atoms with van der Waals surface area (Å²) in [5, 5.41) is 0. The minimum absolute atomic E-state index is 0.447. The molecule has 0 bridgehead atoms. The third-order valence-corrected chi connectivity index (χ3v) is 3.74. The van der Waals surface area contributed by atoms with Crippen LogP contribution in [-0.4, -0.2) is 0 Å². The smallest absolute Gasteiger partial charge is 0.00534 e. The van der Waals surface area contributed by atoms with Crippen molar-refractivity contribution in [1.82, 2.24) is 0 Å². The monoisotopic (exact) mass is 192 g/mol. The van der Waals surface area contributed by atoms with Gasteiger partial charge in [0.25, 0.3) is 0 Å². The number of rotatable bonds is 4. The van der Waals surface area contributed by atoms with Gasteiger partial charge in [0, 0.05) is 0 Å². The summed E-state index contributed by atoms with van der Waals surface area (Å²) in [6.45, 7) is 11.1. The standard InChI is InChI=1S/C14H24/c1-5-9-14(13(4)6-2)10-7-12(3)8-11-14/h7H,4-6,8-11H2,1-3H3. The first kappa shape index (κ1) is 11.6. The van der Waals surface area contributed by atoms with Crippen LogP contribution in [-0.2, 0) is 0 Å². The average Bonchev–Trinajstić information content (AvgIpc) is 2.21. The van der Waals surface area contributed by atoms with Crippen molar-refractivity contribution in [2.24, 2.45) is 5.41 Å². The van der Waals surface area contributed by atoms with Crippen LogP contribution in [0.1, 0.15) is 59.3 Å². The number of allylic oxidation sites excluding steroid dienone is 3. The average molecular weight is 192 g/mol. The van der Waals surface area contributed by atoms with E-state index < -0.39 is 0 Å². The highest BCUT2D eigenvalue weighted by Crippen LogP contribution is 2.45. The van der Waals surface area contributed by atoms with Crippen LogP contribution in [0.4, 0.5) is 0 Å². The molecule has 14 heavy (non-hydrogen) atoms. The van der Waals surface area contributed by atoms with Gasteiger partial charge in [-0.05, 0) is 44.4 Å². The van der Waals surface area contributed by atoms with E-state index in [1.54, 1.807) is 5.57 Å². The van der Waals surface area contributed by atoms with Gasteiger partial charge in [0.2, 0.25) is 0 Å². The van der Waals surface area contributed by atoms with Crippen LogP contribution >= 0.6 is 0 Å². The van der Waals surface area contributed by atoms with Crippen molar-refractivity contribution in [2.75, 3.05) is 0 Å². The van der Waals surface area contributed by atoms with Crippen molar-refractivity contribution >= 4 is 0 Å². The maximum absolute atomic E-state index is 4.28. The summed E-state index contributed by atoms with van der Waals surface area (Å²) in [5.41, 5.74) is 3.49. The summed E-state index contributed by atoms with van der Waals surface area (Å²) < 4.78 is 0. The zero-order chi connectivity index (χ0) is 10.6. The molecule has 1 rings (SSSR count). The van der Waals surface area contributed by atoms with Crippen molar-refractivity contribution in [3.63, 3.8) is 0 Å². The zero-order valence-electron chi connectivity index (χ0n) is 10.0. The van der Waals surface area contributed by atoms with Crippen molar-refractivity contribution in [3.05, 3.63) is 23.8 Å². The molecule has 0 amide bonds. The lowest BCUT2D eigenvalue weighted by atomic mass is 9.67. The van der Waals surface area contributed by atoms with Crippen molar-refractivity contribution in [1.29, 1.82) is 0 Å². The second-order valence-corrected chi connectivity index (χ2v) is 4.74. The van der Waals surface area contributed by atoms with Gasteiger partial charge in [0.05, 0.1) is 0 Å². The fourth-order valence-corrected chi connectivity index (χ4v) is 2.59. The van der Waals surface area contributed by atoms with E-state index in [-0.39, 0.29) is 0 Å². The van der Waals surface area contributed by atoms with Gasteiger partial charge in [-0.15, -0.1) is 0 Å². The Morgan fingerprint density at radius 2 is 2.21 bits per heavy atom. The molecular weight excluding hydrogens is 168 g/mol. The summed E-state index contributed by atoms with van der Waals surface area (Å²) in [4.78, 5) is 0. The summed E-state index contributed by atoms with van der Waals surface area (Å²) >= 11 is 0. The lowest BCUT2D eigenvalue weighted by Crippen LogP contribution is -2.24. The van der Waals surface area contributed by atoms with Gasteiger partial charge < -0.3 is 0 Å². The predicted molar refractivity (Wildman–Crippen MR) is 64.4 cm³/mol. The first-order valence-corrected chi connectivity index (χ1v) is 5.98. The minimum Gasteiger partial charge on any atom is -0.0993 e. The lowest BCUT2D eigenvalue weighted by molar-refractivity contribution is 0.281. The van der Waals surface area contributed by atoms with E-state index in [4.69, 9.17) is 0 Å². The molecule has 0 heteroatoms. The minimum atomic E-state index is 0.447. The molecule has 0 aromatic heterocycles. The third-order valence-electron chi connectivity index (χ3n) is 3.74. The Balaban J connectivity index is 2.78. The summed E-state index contributed by atoms with van der Waals surface area (Å²) in [7, 11) is 0. The first-order valence-electron chi connectivity index (χ1n) is 5.98. The second kappa shape index (κ2) is 4.82. The van der Waals surface area contributed by atoms with Gasteiger partial charge >= 0.3 is 0 Å². The quantitative estimate of drug-likeness (QED) is 0.557. The first-order chi connectivity index (χ1) is 6.64. The van der Waals surface area contributed by atoms with Gasteiger partial charge in [-0.1, -0.05) is 44.1 Å². The SMILES string of the molecule is C=C(CC)C1(CCC)CC=C(C)CC1. The third kappa shape index (κ3) is 2.29. The van der Waals surface area contributed by atoms with Crippen LogP contribution in [0.2, 0.25) is 0 Å². The van der Waals surface area contributed by atoms with Gasteiger partial charge in [-0.25, -0.2) is 0 Å². The van der Waals surface area contributed by atoms with Crippen molar-refractivity contribution in [3.8, 4) is 0 Å². The Morgan fingerprint density at radius 1 is 1.50 bits per heavy atom. The molecule has 0 aromatic rings. The van der Waals surface area contributed by atoms with E-state index in [0.717, 1.165) is 6.42 Å². The molecule has 0 spiro atoms. The summed E-state index contributed by atoms with van der Waals surface area (Å²) in [6, 6.07) is 0. The molecule has 0 nitrogen and oxygen atoms in total. The molecular formula is C14H24. The molecule has 0 aromatic carbocycles. The van der Waals surface area contributed by atoms with Gasteiger partial charge in [-0.2, -0.15) is 0 Å². The largest absolute Gasteiger partial charge is 0.0993 e. The Kier molecular flexibility index (Phi) is 3.97. The van der Waals surface area contributed by atoms with Crippen LogP contribution < -0.4 is 0 Å². The second-order valence-electron chi connectivity index (χ2n) is 4.74. The summed E-state index contributed by atoms with van der Waals surface area (Å²) in [6.07, 6.45) is 10.0. The van der Waals surface area contributed by atoms with Crippen LogP contribution in [0.3, 0.4) is 0 Å². The molecule has 1 unspecified atom stereocenters. The van der Waals surface area contributed by atoms with Crippen molar-refractivity contribution < 1.29 is 0 Å². The highest BCUT2D eigenvalue weighted by Gasteiger charge is 2.31.